The molecule has 0 bridgehead atoms. The number of carbonyl (C=O) groups is 3. The van der Waals surface area contributed by atoms with Gasteiger partial charge in [0.25, 0.3) is 0 Å². The van der Waals surface area contributed by atoms with Crippen molar-refractivity contribution < 1.29 is 19.5 Å². The summed E-state index contributed by atoms with van der Waals surface area (Å²) in [5, 5.41) is 18.8. The number of aromatic amines is 1. The molecule has 0 unspecified atom stereocenters. The predicted octanol–water partition coefficient (Wildman–Crippen LogP) is 4.72. The normalized spacial score (nSPS) is 13.0. The van der Waals surface area contributed by atoms with E-state index in [1.807, 2.05) is 12.3 Å². The maximum Gasteiger partial charge on any atom is 0.248 e. The van der Waals surface area contributed by atoms with E-state index in [1.165, 1.54) is 0 Å². The first-order chi connectivity index (χ1) is 20.3. The Morgan fingerprint density at radius 3 is 2.43 bits per heavy atom. The molecule has 2 aromatic heterocycles. The molecule has 0 fully saturated rings. The van der Waals surface area contributed by atoms with Crippen LogP contribution in [-0.4, -0.2) is 62.2 Å². The minimum Gasteiger partial charge on any atom is -0.387 e. The Bertz CT molecular complexity index is 1400. The number of fused-ring (bicyclic) bond motifs is 3. The summed E-state index contributed by atoms with van der Waals surface area (Å²) in [5.41, 5.74) is 9.33. The molecule has 10 nitrogen and oxygen atoms in total. The highest BCUT2D eigenvalue weighted by molar-refractivity contribution is 6.45. The number of unbranched alkanes of at least 4 members (excludes halogenated alkanes) is 7. The van der Waals surface area contributed by atoms with E-state index in [9.17, 15) is 19.5 Å². The molecule has 0 saturated carbocycles. The molecule has 228 valence electrons. The summed E-state index contributed by atoms with van der Waals surface area (Å²) < 4.78 is 1.79. The van der Waals surface area contributed by atoms with Crippen LogP contribution in [0.3, 0.4) is 0 Å². The van der Waals surface area contributed by atoms with Gasteiger partial charge in [0.05, 0.1) is 27.8 Å². The number of hydrogen-bond acceptors (Lipinski definition) is 5. The van der Waals surface area contributed by atoms with Gasteiger partial charge in [-0.05, 0) is 25.0 Å². The van der Waals surface area contributed by atoms with Gasteiger partial charge in [0.15, 0.2) is 0 Å². The summed E-state index contributed by atoms with van der Waals surface area (Å²) in [5.74, 6) is -0.496. The molecule has 4 rings (SSSR count). The van der Waals surface area contributed by atoms with Gasteiger partial charge in [0.2, 0.25) is 17.7 Å². The molecule has 3 heterocycles. The zero-order valence-corrected chi connectivity index (χ0v) is 25.4. The summed E-state index contributed by atoms with van der Waals surface area (Å²) in [7, 11) is 0. The molecular formula is C30H40Cl2N6O4. The van der Waals surface area contributed by atoms with Crippen LogP contribution < -0.4 is 11.1 Å². The lowest BCUT2D eigenvalue weighted by atomic mass is 9.99. The van der Waals surface area contributed by atoms with Gasteiger partial charge in [-0.15, -0.1) is 0 Å². The molecule has 1 aliphatic rings. The van der Waals surface area contributed by atoms with Crippen LogP contribution in [0.25, 0.3) is 22.2 Å². The SMILES string of the molecule is NC(=O)CCCCCCCCCCC(=O)NCCn1ccc(-c2cc(Cl)c(Cl)c3[nH]c4c(c23)CN(C(=O)CO)CC4)n1. The van der Waals surface area contributed by atoms with E-state index in [0.29, 0.717) is 66.7 Å². The number of H-pyrrole nitrogens is 1. The molecule has 0 atom stereocenters. The van der Waals surface area contributed by atoms with Crippen LogP contribution in [0.1, 0.15) is 75.5 Å². The number of benzene rings is 1. The first kappa shape index (κ1) is 31.8. The van der Waals surface area contributed by atoms with E-state index >= 15 is 0 Å². The Labute approximate surface area is 255 Å². The lowest BCUT2D eigenvalue weighted by Gasteiger charge is -2.26. The summed E-state index contributed by atoms with van der Waals surface area (Å²) in [6, 6.07) is 3.70. The quantitative estimate of drug-likeness (QED) is 0.172. The second-order valence-electron chi connectivity index (χ2n) is 10.9. The molecule has 0 radical (unpaired) electrons. The number of halogens is 2. The van der Waals surface area contributed by atoms with Crippen LogP contribution in [0.4, 0.5) is 0 Å². The first-order valence-corrected chi connectivity index (χ1v) is 15.5. The van der Waals surface area contributed by atoms with Crippen molar-refractivity contribution >= 4 is 51.8 Å². The number of nitrogens with two attached hydrogens (primary N) is 1. The van der Waals surface area contributed by atoms with Crippen molar-refractivity contribution in [1.29, 1.82) is 0 Å². The van der Waals surface area contributed by atoms with Crippen molar-refractivity contribution in [3.8, 4) is 11.3 Å². The molecule has 3 aromatic rings. The molecule has 0 saturated heterocycles. The van der Waals surface area contributed by atoms with Crippen LogP contribution in [0.15, 0.2) is 18.3 Å². The molecule has 3 amide bonds. The minimum atomic E-state index is -0.528. The number of amides is 3. The smallest absolute Gasteiger partial charge is 0.248 e. The molecular weight excluding hydrogens is 579 g/mol. The number of rotatable bonds is 16. The minimum absolute atomic E-state index is 0.0426. The zero-order chi connectivity index (χ0) is 30.1. The van der Waals surface area contributed by atoms with Crippen molar-refractivity contribution in [3.63, 3.8) is 0 Å². The average molecular weight is 620 g/mol. The van der Waals surface area contributed by atoms with E-state index in [0.717, 1.165) is 73.6 Å². The van der Waals surface area contributed by atoms with Gasteiger partial charge >= 0.3 is 0 Å². The fourth-order valence-corrected chi connectivity index (χ4v) is 5.93. The molecule has 42 heavy (non-hydrogen) atoms. The maximum atomic E-state index is 12.3. The third kappa shape index (κ3) is 8.26. The van der Waals surface area contributed by atoms with Gasteiger partial charge in [0, 0.05) is 67.3 Å². The van der Waals surface area contributed by atoms with Crippen LogP contribution in [-0.2, 0) is 33.9 Å². The van der Waals surface area contributed by atoms with Crippen molar-refractivity contribution in [2.45, 2.75) is 83.7 Å². The Morgan fingerprint density at radius 1 is 1.05 bits per heavy atom. The van der Waals surface area contributed by atoms with Gasteiger partial charge in [-0.1, -0.05) is 61.7 Å². The largest absolute Gasteiger partial charge is 0.387 e. The summed E-state index contributed by atoms with van der Waals surface area (Å²) in [6.45, 7) is 1.35. The molecule has 1 aromatic carbocycles. The maximum absolute atomic E-state index is 12.3. The Hall–Kier alpha value is -3.08. The fourth-order valence-electron chi connectivity index (χ4n) is 5.53. The number of nitrogens with zero attached hydrogens (tertiary/aromatic N) is 3. The lowest BCUT2D eigenvalue weighted by Crippen LogP contribution is -2.37. The number of aromatic nitrogens is 3. The van der Waals surface area contributed by atoms with Crippen molar-refractivity contribution in [2.24, 2.45) is 5.73 Å². The number of hydrogen-bond donors (Lipinski definition) is 4. The molecule has 0 aliphatic carbocycles. The highest BCUT2D eigenvalue weighted by atomic mass is 35.5. The van der Waals surface area contributed by atoms with Gasteiger partial charge in [-0.2, -0.15) is 5.10 Å². The summed E-state index contributed by atoms with van der Waals surface area (Å²) >= 11 is 13.1. The van der Waals surface area contributed by atoms with Gasteiger partial charge in [-0.3, -0.25) is 19.1 Å². The van der Waals surface area contributed by atoms with E-state index in [2.05, 4.69) is 10.3 Å². The van der Waals surface area contributed by atoms with E-state index in [1.54, 1.807) is 15.6 Å². The predicted molar refractivity (Wildman–Crippen MR) is 164 cm³/mol. The van der Waals surface area contributed by atoms with Gasteiger partial charge in [-0.25, -0.2) is 0 Å². The van der Waals surface area contributed by atoms with Gasteiger partial charge in [0.1, 0.15) is 6.61 Å². The molecule has 1 aliphatic heterocycles. The van der Waals surface area contributed by atoms with Crippen molar-refractivity contribution in [2.75, 3.05) is 19.7 Å². The van der Waals surface area contributed by atoms with Crippen molar-refractivity contribution in [3.05, 3.63) is 39.6 Å². The number of nitrogens with one attached hydrogen (secondary N) is 2. The second kappa shape index (κ2) is 15.4. The van der Waals surface area contributed by atoms with E-state index in [-0.39, 0.29) is 17.7 Å². The molecule has 5 N–H and O–H groups in total. The van der Waals surface area contributed by atoms with Crippen LogP contribution in [0.5, 0.6) is 0 Å². The van der Waals surface area contributed by atoms with E-state index in [4.69, 9.17) is 34.0 Å². The Balaban J connectivity index is 1.26. The number of aliphatic hydroxyl groups is 1. The van der Waals surface area contributed by atoms with Crippen LogP contribution in [0, 0.1) is 0 Å². The number of primary amides is 1. The Kier molecular flexibility index (Phi) is 11.7. The second-order valence-corrected chi connectivity index (χ2v) is 11.7. The van der Waals surface area contributed by atoms with Gasteiger partial charge < -0.3 is 26.0 Å². The Morgan fingerprint density at radius 2 is 1.74 bits per heavy atom. The monoisotopic (exact) mass is 618 g/mol. The first-order valence-electron chi connectivity index (χ1n) is 14.8. The summed E-state index contributed by atoms with van der Waals surface area (Å²) in [6.07, 6.45) is 11.8. The average Bonchev–Trinajstić information content (AvgIpc) is 3.60. The highest BCUT2D eigenvalue weighted by Crippen LogP contribution is 2.41. The highest BCUT2D eigenvalue weighted by Gasteiger charge is 2.27. The topological polar surface area (TPSA) is 146 Å². The fraction of sp³-hybridized carbons (Fsp3) is 0.533. The number of carbonyl (C=O) groups excluding carboxylic acids is 3. The van der Waals surface area contributed by atoms with Crippen molar-refractivity contribution in [1.82, 2.24) is 25.0 Å². The van der Waals surface area contributed by atoms with E-state index < -0.39 is 6.61 Å². The lowest BCUT2D eigenvalue weighted by molar-refractivity contribution is -0.135. The third-order valence-corrected chi connectivity index (χ3v) is 8.57. The third-order valence-electron chi connectivity index (χ3n) is 7.79. The summed E-state index contributed by atoms with van der Waals surface area (Å²) in [4.78, 5) is 40.2. The molecule has 0 spiro atoms. The van der Waals surface area contributed by atoms with Crippen LogP contribution in [0.2, 0.25) is 10.0 Å². The number of aliphatic hydroxyl groups excluding tert-OH is 1. The molecule has 12 heteroatoms. The van der Waals surface area contributed by atoms with Crippen LogP contribution >= 0.6 is 23.2 Å². The standard InChI is InChI=1S/C30H40Cl2N6O4/c31-22-17-20(28-21-18-37(27(42)19-39)14-11-23(21)35-30(28)29(22)32)24-12-15-38(36-24)16-13-34-26(41)10-8-6-4-2-1-3-5-7-9-25(33)40/h12,15,17,35,39H,1-11,13-14,16,18-19H2,(H2,33,40)(H,34,41). The zero-order valence-electron chi connectivity index (χ0n) is 23.9.